The Morgan fingerprint density at radius 3 is 2.25 bits per heavy atom. The average Bonchev–Trinajstić information content (AvgIpc) is 2.27. The minimum Gasteiger partial charge on any atom is -0.480 e. The zero-order valence-corrected chi connectivity index (χ0v) is 12.3. The number of nitrogens with two attached hydrogens (primary N) is 1. The first-order chi connectivity index (χ1) is 9.01. The Labute approximate surface area is 120 Å². The molecule has 0 aliphatic carbocycles. The van der Waals surface area contributed by atoms with Crippen molar-refractivity contribution in [1.29, 1.82) is 0 Å². The van der Waals surface area contributed by atoms with Crippen molar-refractivity contribution in [2.45, 2.75) is 15.0 Å². The fraction of sp³-hybridized carbons (Fsp3) is 0.222. The van der Waals surface area contributed by atoms with Crippen molar-refractivity contribution in [3.05, 3.63) is 18.2 Å². The Morgan fingerprint density at radius 2 is 1.85 bits per heavy atom. The van der Waals surface area contributed by atoms with Crippen LogP contribution < -0.4 is 5.73 Å². The molecule has 112 valence electrons. The minimum absolute atomic E-state index is 0.357. The first-order valence-electron chi connectivity index (χ1n) is 4.96. The van der Waals surface area contributed by atoms with E-state index in [-0.39, 0.29) is 5.69 Å². The molecular formula is C9H11NO7S3. The zero-order valence-electron chi connectivity index (χ0n) is 9.79. The Hall–Kier alpha value is -1.30. The molecule has 20 heavy (non-hydrogen) atoms. The molecule has 0 aliphatic rings. The van der Waals surface area contributed by atoms with Gasteiger partial charge < -0.3 is 10.8 Å². The molecule has 0 radical (unpaired) electrons. The molecule has 1 unspecified atom stereocenters. The Morgan fingerprint density at radius 1 is 1.30 bits per heavy atom. The summed E-state index contributed by atoms with van der Waals surface area (Å²) in [4.78, 5) is 9.49. The third-order valence-electron chi connectivity index (χ3n) is 2.41. The van der Waals surface area contributed by atoms with Crippen molar-refractivity contribution in [3.8, 4) is 0 Å². The molecule has 1 rings (SSSR count). The van der Waals surface area contributed by atoms with Gasteiger partial charge in [-0.05, 0) is 18.2 Å². The molecule has 1 aromatic rings. The molecule has 4 N–H and O–H groups in total. The molecule has 0 fully saturated rings. The molecule has 0 aromatic heterocycles. The summed E-state index contributed by atoms with van der Waals surface area (Å²) in [7, 11) is -9.08. The molecule has 0 aliphatic heterocycles. The number of hydrogen-bond donors (Lipinski definition) is 4. The first-order valence-corrected chi connectivity index (χ1v) is 8.58. The van der Waals surface area contributed by atoms with Crippen LogP contribution in [0.5, 0.6) is 0 Å². The summed E-state index contributed by atoms with van der Waals surface area (Å²) >= 11 is 3.65. The molecule has 0 saturated heterocycles. The van der Waals surface area contributed by atoms with Gasteiger partial charge in [-0.1, -0.05) is 0 Å². The van der Waals surface area contributed by atoms with Crippen LogP contribution in [0.4, 0.5) is 5.69 Å². The van der Waals surface area contributed by atoms with Crippen molar-refractivity contribution in [2.75, 3.05) is 11.5 Å². The van der Waals surface area contributed by atoms with E-state index in [1.807, 2.05) is 0 Å². The lowest BCUT2D eigenvalue weighted by Crippen LogP contribution is -2.32. The summed E-state index contributed by atoms with van der Waals surface area (Å²) in [5.41, 5.74) is 4.96. The number of carboxylic acids is 1. The van der Waals surface area contributed by atoms with Gasteiger partial charge in [-0.3, -0.25) is 9.35 Å². The van der Waals surface area contributed by atoms with E-state index in [4.69, 9.17) is 15.4 Å². The van der Waals surface area contributed by atoms with Gasteiger partial charge in [0.2, 0.25) is 0 Å². The Kier molecular flexibility index (Phi) is 4.69. The van der Waals surface area contributed by atoms with E-state index in [1.54, 1.807) is 0 Å². The van der Waals surface area contributed by atoms with E-state index in [0.717, 1.165) is 12.1 Å². The fourth-order valence-electron chi connectivity index (χ4n) is 1.39. The Bertz CT molecular complexity index is 739. The van der Waals surface area contributed by atoms with Gasteiger partial charge >= 0.3 is 5.97 Å². The molecule has 0 amide bonds. The van der Waals surface area contributed by atoms with Crippen LogP contribution in [0.2, 0.25) is 0 Å². The van der Waals surface area contributed by atoms with E-state index >= 15 is 0 Å². The standard InChI is InChI=1S/C9H11NO7S3/c10-6-2-1-5(3-7(6)20(15,16)17)19(13,14)8(4-18)9(11)12/h1-3,8,18H,4,10H2,(H,11,12)(H,15,16,17). The highest BCUT2D eigenvalue weighted by molar-refractivity contribution is 7.94. The summed E-state index contributed by atoms with van der Waals surface area (Å²) in [5.74, 6) is -2.12. The number of sulfone groups is 1. The number of benzene rings is 1. The van der Waals surface area contributed by atoms with E-state index < -0.39 is 46.7 Å². The number of carboxylic acid groups (broad SMARTS) is 1. The van der Waals surface area contributed by atoms with Crippen molar-refractivity contribution < 1.29 is 31.3 Å². The quantitative estimate of drug-likeness (QED) is 0.323. The normalized spacial score (nSPS) is 13.9. The highest BCUT2D eigenvalue weighted by atomic mass is 32.2. The molecule has 0 spiro atoms. The van der Waals surface area contributed by atoms with E-state index in [2.05, 4.69) is 12.6 Å². The van der Waals surface area contributed by atoms with Crippen LogP contribution in [-0.2, 0) is 24.7 Å². The Balaban J connectivity index is 3.53. The topological polar surface area (TPSA) is 152 Å². The maximum atomic E-state index is 12.0. The molecule has 0 heterocycles. The molecule has 0 saturated carbocycles. The third-order valence-corrected chi connectivity index (χ3v) is 5.96. The smallest absolute Gasteiger partial charge is 0.323 e. The van der Waals surface area contributed by atoms with E-state index in [0.29, 0.717) is 6.07 Å². The lowest BCUT2D eigenvalue weighted by molar-refractivity contribution is -0.136. The number of aliphatic carboxylic acids is 1. The monoisotopic (exact) mass is 341 g/mol. The van der Waals surface area contributed by atoms with Crippen LogP contribution in [0, 0.1) is 0 Å². The molecule has 8 nitrogen and oxygen atoms in total. The van der Waals surface area contributed by atoms with Gasteiger partial charge in [-0.2, -0.15) is 21.0 Å². The lowest BCUT2D eigenvalue weighted by Gasteiger charge is -2.12. The number of hydrogen-bond acceptors (Lipinski definition) is 7. The van der Waals surface area contributed by atoms with Gasteiger partial charge in [-0.25, -0.2) is 8.42 Å². The summed E-state index contributed by atoms with van der Waals surface area (Å²) in [6.07, 6.45) is 0. The zero-order chi connectivity index (χ0) is 15.7. The number of rotatable bonds is 5. The summed E-state index contributed by atoms with van der Waals surface area (Å²) in [6, 6.07) is 2.52. The summed E-state index contributed by atoms with van der Waals surface area (Å²) in [6.45, 7) is 0. The maximum absolute atomic E-state index is 12.0. The third kappa shape index (κ3) is 3.23. The largest absolute Gasteiger partial charge is 0.480 e. The molecule has 1 aromatic carbocycles. The van der Waals surface area contributed by atoms with Gasteiger partial charge in [0.25, 0.3) is 10.1 Å². The van der Waals surface area contributed by atoms with Crippen LogP contribution in [0.25, 0.3) is 0 Å². The molecule has 1 atom stereocenters. The fourth-order valence-corrected chi connectivity index (χ4v) is 4.18. The second-order valence-electron chi connectivity index (χ2n) is 3.73. The van der Waals surface area contributed by atoms with E-state index in [1.165, 1.54) is 0 Å². The second kappa shape index (κ2) is 5.60. The first kappa shape index (κ1) is 16.8. The number of anilines is 1. The SMILES string of the molecule is Nc1ccc(S(=O)(=O)C(CS)C(=O)O)cc1S(=O)(=O)O. The van der Waals surface area contributed by atoms with Gasteiger partial charge in [-0.15, -0.1) is 0 Å². The highest BCUT2D eigenvalue weighted by Crippen LogP contribution is 2.25. The molecular weight excluding hydrogens is 330 g/mol. The summed E-state index contributed by atoms with van der Waals surface area (Å²) < 4.78 is 55.1. The van der Waals surface area contributed by atoms with E-state index in [9.17, 15) is 21.6 Å². The highest BCUT2D eigenvalue weighted by Gasteiger charge is 2.33. The predicted octanol–water partition coefficient (Wildman–Crippen LogP) is -0.328. The maximum Gasteiger partial charge on any atom is 0.323 e. The van der Waals surface area contributed by atoms with Crippen molar-refractivity contribution in [1.82, 2.24) is 0 Å². The van der Waals surface area contributed by atoms with Gasteiger partial charge in [0.1, 0.15) is 4.90 Å². The predicted molar refractivity (Wildman–Crippen MR) is 73.1 cm³/mol. The van der Waals surface area contributed by atoms with Crippen molar-refractivity contribution in [3.63, 3.8) is 0 Å². The van der Waals surface area contributed by atoms with Crippen molar-refractivity contribution >= 4 is 44.2 Å². The van der Waals surface area contributed by atoms with Crippen LogP contribution >= 0.6 is 12.6 Å². The van der Waals surface area contributed by atoms with Gasteiger partial charge in [0.15, 0.2) is 15.1 Å². The molecule has 11 heteroatoms. The van der Waals surface area contributed by atoms with Crippen LogP contribution in [-0.4, -0.2) is 43.5 Å². The summed E-state index contributed by atoms with van der Waals surface area (Å²) in [5, 5.41) is 6.99. The average molecular weight is 341 g/mol. The number of nitrogen functional groups attached to an aromatic ring is 1. The van der Waals surface area contributed by atoms with Gasteiger partial charge in [0.05, 0.1) is 10.6 Å². The lowest BCUT2D eigenvalue weighted by atomic mass is 10.3. The molecule has 0 bridgehead atoms. The van der Waals surface area contributed by atoms with Crippen molar-refractivity contribution in [2.24, 2.45) is 0 Å². The second-order valence-corrected chi connectivity index (χ2v) is 7.61. The number of thiol groups is 1. The van der Waals surface area contributed by atoms with Crippen LogP contribution in [0.1, 0.15) is 0 Å². The number of carbonyl (C=O) groups is 1. The van der Waals surface area contributed by atoms with Crippen LogP contribution in [0.15, 0.2) is 28.0 Å². The van der Waals surface area contributed by atoms with Gasteiger partial charge in [0, 0.05) is 5.75 Å². The van der Waals surface area contributed by atoms with Crippen LogP contribution in [0.3, 0.4) is 0 Å². The minimum atomic E-state index is -4.72.